The maximum atomic E-state index is 14.7. The quantitative estimate of drug-likeness (QED) is 0.0253. The summed E-state index contributed by atoms with van der Waals surface area (Å²) in [7, 11) is 0. The van der Waals surface area contributed by atoms with Gasteiger partial charge in [0.2, 0.25) is 0 Å². The number of unbranched alkanes of at least 4 members (excludes halogenated alkanes) is 2. The topological polar surface area (TPSA) is 485 Å². The number of aliphatic hydroxyl groups is 12. The molecule has 7 saturated heterocycles. The van der Waals surface area contributed by atoms with Crippen LogP contribution < -0.4 is 0 Å². The summed E-state index contributed by atoms with van der Waals surface area (Å²) in [6.45, 7) is 13.7. The van der Waals surface area contributed by atoms with E-state index in [1.165, 1.54) is 47.6 Å². The Balaban J connectivity index is 1.49. The zero-order valence-corrected chi connectivity index (χ0v) is 62.7. The molecule has 0 aliphatic carbocycles. The Kier molecular flexibility index (Phi) is 36.0. The lowest BCUT2D eigenvalue weighted by Crippen LogP contribution is -2.70. The molecule has 34 nitrogen and oxygen atoms in total. The lowest BCUT2D eigenvalue weighted by atomic mass is 9.94. The van der Waals surface area contributed by atoms with Gasteiger partial charge in [-0.25, -0.2) is 4.79 Å². The Morgan fingerprint density at radius 2 is 0.972 bits per heavy atom. The molecular weight excluding hydrogens is 1410 g/mol. The summed E-state index contributed by atoms with van der Waals surface area (Å²) in [5.74, 6) is -7.39. The summed E-state index contributed by atoms with van der Waals surface area (Å²) in [6.07, 6.45) is -47.9. The first-order chi connectivity index (χ1) is 50.5. The van der Waals surface area contributed by atoms with Gasteiger partial charge in [0.05, 0.1) is 62.5 Å². The second-order valence-corrected chi connectivity index (χ2v) is 29.0. The highest BCUT2D eigenvalue weighted by molar-refractivity contribution is 5.87. The molecule has 0 aromatic rings. The average Bonchev–Trinajstić information content (AvgIpc) is 0.758. The minimum atomic E-state index is -2.25. The van der Waals surface area contributed by atoms with Crippen LogP contribution in [0.5, 0.6) is 0 Å². The molecule has 2 bridgehead atoms. The Morgan fingerprint density at radius 1 is 0.462 bits per heavy atom. The SMILES string of the molecule is C/C=C(\C)C(=O)O[C@@H]1[C@@H](O[C@@H]2O[C@H](CO)[C@@H](O)[C@H](O)[C@H]2O)[C@@H](OC(=O)[C@@H](C)CC)[C@H](O[C@H]2[C@@H]3O[C@H]4[C@H](O[C@@H](CCCCC)CCCCCCCCCC(=O)O[C@H]5[C@H](O[C@H]2[C@H](O)[C@@H](CO)O3)O[C@H](CO[C@H]2O[C@H](CO)[C@@H](O)[C@H](O)[C@H]2O)[C@@H](OC(=O)[C@@H](C)CC)[C@@H]5OC(=O)[C@@H](C)CC)O[C@H](C)[C@@H](O)[C@@H]4O)O[C@H]1C. The standard InChI is InChI=1S/C72H120O34/c1-12-17-23-26-39-27-24-21-19-18-20-22-25-28-44(76)98-61-59(101-65(88)35(8)15-4)55(100-64(87)34(7)14-3)43(32-90-67-52(84)49(81)46(78)40(29-73)94-67)97-72(61)103-56-48(80)42(31-75)96-71(104-57-51(83)45(77)37(10)91-69(57)93-39)60(56)106-70-62(102-66(89)36(9)16-5)58(54(38(11)92-70)99-63(86)33(6)13-2)105-68-53(85)50(82)47(79)41(30-74)95-68/h13,34-43,45-62,67-75,77-85H,12,14-32H2,1-11H3/b33-13+/t34-,35-,36-,37+,38-,39-,40+,41+,42+,43+,45+,46+,47+,48+,49-,50-,51-,52+,53+,54-,55+,56-,57+,58+,59-,60+,61+,62+,67-,68-,69-,70-,71-,72-/m0/s1. The highest BCUT2D eigenvalue weighted by Gasteiger charge is 2.62. The summed E-state index contributed by atoms with van der Waals surface area (Å²) >= 11 is 0. The van der Waals surface area contributed by atoms with Crippen molar-refractivity contribution < 1.29 is 166 Å². The van der Waals surface area contributed by atoms with Crippen molar-refractivity contribution in [3.8, 4) is 0 Å². The molecule has 612 valence electrons. The van der Waals surface area contributed by atoms with E-state index in [-0.39, 0.29) is 37.7 Å². The maximum absolute atomic E-state index is 14.7. The lowest BCUT2D eigenvalue weighted by molar-refractivity contribution is -0.414. The van der Waals surface area contributed by atoms with Crippen LogP contribution >= 0.6 is 0 Å². The molecular formula is C72H120O34. The normalized spacial score (nSPS) is 41.5. The van der Waals surface area contributed by atoms with Crippen LogP contribution in [-0.4, -0.2) is 308 Å². The smallest absolute Gasteiger partial charge is 0.333 e. The number of esters is 5. The summed E-state index contributed by atoms with van der Waals surface area (Å²) in [6, 6.07) is 0. The number of allylic oxidation sites excluding steroid dienone is 1. The molecule has 7 fully saturated rings. The van der Waals surface area contributed by atoms with Gasteiger partial charge in [-0.1, -0.05) is 112 Å². The van der Waals surface area contributed by atoms with E-state index in [2.05, 4.69) is 0 Å². The number of hydrogen-bond donors (Lipinski definition) is 12. The highest BCUT2D eigenvalue weighted by atomic mass is 16.8. The van der Waals surface area contributed by atoms with E-state index in [1.54, 1.807) is 27.7 Å². The monoisotopic (exact) mass is 1530 g/mol. The Bertz CT molecular complexity index is 2710. The predicted molar refractivity (Wildman–Crippen MR) is 362 cm³/mol. The van der Waals surface area contributed by atoms with Gasteiger partial charge in [0, 0.05) is 12.0 Å². The second kappa shape index (κ2) is 42.7. The third-order valence-electron chi connectivity index (χ3n) is 21.1. The Morgan fingerprint density at radius 3 is 1.55 bits per heavy atom. The number of ether oxygens (including phenoxy) is 17. The van der Waals surface area contributed by atoms with Crippen LogP contribution in [0.1, 0.15) is 179 Å². The minimum absolute atomic E-state index is 0.0580. The lowest BCUT2D eigenvalue weighted by Gasteiger charge is -2.52. The largest absolute Gasteiger partial charge is 0.455 e. The molecule has 0 spiro atoms. The van der Waals surface area contributed by atoms with Crippen molar-refractivity contribution in [2.45, 2.75) is 369 Å². The molecule has 34 atom stereocenters. The van der Waals surface area contributed by atoms with Gasteiger partial charge < -0.3 is 142 Å². The summed E-state index contributed by atoms with van der Waals surface area (Å²) < 4.78 is 110. The van der Waals surface area contributed by atoms with E-state index in [4.69, 9.17) is 80.5 Å². The zero-order valence-electron chi connectivity index (χ0n) is 62.7. The molecule has 0 aromatic heterocycles. The molecule has 34 heteroatoms. The first-order valence-corrected chi connectivity index (χ1v) is 37.9. The molecule has 0 aromatic carbocycles. The van der Waals surface area contributed by atoms with E-state index >= 15 is 0 Å². The zero-order chi connectivity index (χ0) is 78.0. The molecule has 0 saturated carbocycles. The van der Waals surface area contributed by atoms with Crippen molar-refractivity contribution in [1.29, 1.82) is 0 Å². The number of rotatable bonds is 25. The summed E-state index contributed by atoms with van der Waals surface area (Å²) in [5, 5.41) is 136. The molecule has 7 aliphatic heterocycles. The van der Waals surface area contributed by atoms with Crippen molar-refractivity contribution >= 4 is 29.8 Å². The predicted octanol–water partition coefficient (Wildman–Crippen LogP) is 0.311. The van der Waals surface area contributed by atoms with Crippen molar-refractivity contribution in [2.75, 3.05) is 26.4 Å². The maximum Gasteiger partial charge on any atom is 0.333 e. The van der Waals surface area contributed by atoms with E-state index in [0.29, 0.717) is 32.1 Å². The van der Waals surface area contributed by atoms with Crippen molar-refractivity contribution in [3.05, 3.63) is 11.6 Å². The van der Waals surface area contributed by atoms with Crippen LogP contribution in [0.25, 0.3) is 0 Å². The van der Waals surface area contributed by atoms with E-state index in [0.717, 1.165) is 38.5 Å². The van der Waals surface area contributed by atoms with Gasteiger partial charge in [-0.15, -0.1) is 0 Å². The van der Waals surface area contributed by atoms with Gasteiger partial charge >= 0.3 is 29.8 Å². The van der Waals surface area contributed by atoms with Crippen molar-refractivity contribution in [3.63, 3.8) is 0 Å². The number of hydrogen-bond acceptors (Lipinski definition) is 34. The van der Waals surface area contributed by atoms with Gasteiger partial charge in [0.15, 0.2) is 68.3 Å². The minimum Gasteiger partial charge on any atom is -0.455 e. The third kappa shape index (κ3) is 22.7. The van der Waals surface area contributed by atoms with Crippen molar-refractivity contribution in [1.82, 2.24) is 0 Å². The summed E-state index contributed by atoms with van der Waals surface area (Å²) in [5.41, 5.74) is 0.0580. The van der Waals surface area contributed by atoms with E-state index < -0.39 is 264 Å². The molecule has 0 amide bonds. The molecule has 0 unspecified atom stereocenters. The summed E-state index contributed by atoms with van der Waals surface area (Å²) in [4.78, 5) is 72.2. The molecule has 12 N–H and O–H groups in total. The molecule has 7 aliphatic rings. The van der Waals surface area contributed by atoms with Crippen LogP contribution in [0, 0.1) is 17.8 Å². The van der Waals surface area contributed by atoms with Gasteiger partial charge in [-0.3, -0.25) is 19.2 Å². The fourth-order valence-corrected chi connectivity index (χ4v) is 13.4. The van der Waals surface area contributed by atoms with Crippen LogP contribution in [0.15, 0.2) is 11.6 Å². The number of aliphatic hydroxyl groups excluding tert-OH is 12. The van der Waals surface area contributed by atoms with Crippen LogP contribution in [0.2, 0.25) is 0 Å². The van der Waals surface area contributed by atoms with Gasteiger partial charge in [0.1, 0.15) is 104 Å². The Hall–Kier alpha value is -3.87. The fraction of sp³-hybridized carbons (Fsp3) is 0.903. The first-order valence-electron chi connectivity index (χ1n) is 37.9. The molecule has 106 heavy (non-hydrogen) atoms. The van der Waals surface area contributed by atoms with Crippen LogP contribution in [-0.2, 0) is 104 Å². The fourth-order valence-electron chi connectivity index (χ4n) is 13.4. The van der Waals surface area contributed by atoms with Crippen LogP contribution in [0.4, 0.5) is 0 Å². The highest BCUT2D eigenvalue weighted by Crippen LogP contribution is 2.42. The molecule has 7 rings (SSSR count). The van der Waals surface area contributed by atoms with Crippen LogP contribution in [0.3, 0.4) is 0 Å². The average molecular weight is 1530 g/mol. The van der Waals surface area contributed by atoms with E-state index in [9.17, 15) is 85.3 Å². The second-order valence-electron chi connectivity index (χ2n) is 29.0. The van der Waals surface area contributed by atoms with E-state index in [1.807, 2.05) is 6.92 Å². The number of carbonyl (C=O) groups is 5. The van der Waals surface area contributed by atoms with Gasteiger partial charge in [0.25, 0.3) is 0 Å². The number of carbonyl (C=O) groups excluding carboxylic acids is 5. The first kappa shape index (κ1) is 89.3. The molecule has 7 heterocycles. The Labute approximate surface area is 618 Å². The van der Waals surface area contributed by atoms with Gasteiger partial charge in [-0.2, -0.15) is 0 Å². The third-order valence-corrected chi connectivity index (χ3v) is 21.1. The number of fused-ring (bicyclic) bond motifs is 4. The molecule has 0 radical (unpaired) electrons. The van der Waals surface area contributed by atoms with Crippen molar-refractivity contribution in [2.24, 2.45) is 17.8 Å². The van der Waals surface area contributed by atoms with Gasteiger partial charge in [-0.05, 0) is 66.2 Å².